The van der Waals surface area contributed by atoms with Gasteiger partial charge in [-0.1, -0.05) is 36.4 Å². The maximum Gasteiger partial charge on any atom is 0.303 e. The molecule has 3 heteroatoms. The number of aliphatic carboxylic acids is 1. The van der Waals surface area contributed by atoms with Crippen molar-refractivity contribution in [3.8, 4) is 0 Å². The molecule has 0 bridgehead atoms. The summed E-state index contributed by atoms with van der Waals surface area (Å²) in [6.45, 7) is 0.869. The Bertz CT molecular complexity index is 333. The Kier molecular flexibility index (Phi) is 5.78. The van der Waals surface area contributed by atoms with Crippen molar-refractivity contribution in [1.82, 2.24) is 5.32 Å². The lowest BCUT2D eigenvalue weighted by Crippen LogP contribution is -2.09. The van der Waals surface area contributed by atoms with E-state index in [1.165, 1.54) is 5.56 Å². The summed E-state index contributed by atoms with van der Waals surface area (Å²) in [5.41, 5.74) is 1.30. The molecular weight excluding hydrogens is 202 g/mol. The fraction of sp³-hybridized carbons (Fsp3) is 0.308. The Hall–Kier alpha value is -1.77. The Labute approximate surface area is 95.8 Å². The number of carbonyl (C=O) groups is 1. The minimum Gasteiger partial charge on any atom is -0.481 e. The van der Waals surface area contributed by atoms with Gasteiger partial charge in [-0.2, -0.15) is 0 Å². The van der Waals surface area contributed by atoms with Crippen LogP contribution in [-0.2, 0) is 11.2 Å². The van der Waals surface area contributed by atoms with E-state index in [2.05, 4.69) is 17.4 Å². The first kappa shape index (κ1) is 12.3. The van der Waals surface area contributed by atoms with E-state index in [0.29, 0.717) is 6.42 Å². The highest BCUT2D eigenvalue weighted by Gasteiger charge is 1.91. The van der Waals surface area contributed by atoms with E-state index in [-0.39, 0.29) is 6.42 Å². The summed E-state index contributed by atoms with van der Waals surface area (Å²) in [5, 5.41) is 11.5. The second kappa shape index (κ2) is 7.51. The summed E-state index contributed by atoms with van der Waals surface area (Å²) < 4.78 is 0. The van der Waals surface area contributed by atoms with E-state index in [1.54, 1.807) is 0 Å². The summed E-state index contributed by atoms with van der Waals surface area (Å²) >= 11 is 0. The van der Waals surface area contributed by atoms with Crippen molar-refractivity contribution in [2.75, 3.05) is 6.54 Å². The monoisotopic (exact) mass is 219 g/mol. The van der Waals surface area contributed by atoms with Crippen molar-refractivity contribution in [2.24, 2.45) is 0 Å². The van der Waals surface area contributed by atoms with Crippen molar-refractivity contribution in [3.05, 3.63) is 48.2 Å². The first-order chi connectivity index (χ1) is 7.79. The third kappa shape index (κ3) is 5.86. The van der Waals surface area contributed by atoms with Gasteiger partial charge in [-0.3, -0.25) is 4.79 Å². The lowest BCUT2D eigenvalue weighted by atomic mass is 10.1. The summed E-state index contributed by atoms with van der Waals surface area (Å²) in [7, 11) is 0. The van der Waals surface area contributed by atoms with Gasteiger partial charge in [0.1, 0.15) is 0 Å². The molecule has 1 rings (SSSR count). The Balaban J connectivity index is 2.06. The molecule has 0 spiro atoms. The number of nitrogens with one attached hydrogen (secondary N) is 1. The molecule has 0 saturated heterocycles. The summed E-state index contributed by atoms with van der Waals surface area (Å²) in [4.78, 5) is 10.2. The van der Waals surface area contributed by atoms with Crippen molar-refractivity contribution in [2.45, 2.75) is 19.3 Å². The molecule has 0 heterocycles. The molecule has 2 N–H and O–H groups in total. The zero-order chi connectivity index (χ0) is 11.6. The number of carboxylic acids is 1. The van der Waals surface area contributed by atoms with Gasteiger partial charge in [-0.25, -0.2) is 0 Å². The minimum absolute atomic E-state index is 0.191. The van der Waals surface area contributed by atoms with E-state index in [9.17, 15) is 4.79 Å². The SMILES string of the molecule is O=C(O)CCC=CNCCc1ccccc1. The molecule has 0 unspecified atom stereocenters. The van der Waals surface area contributed by atoms with E-state index < -0.39 is 5.97 Å². The lowest BCUT2D eigenvalue weighted by Gasteiger charge is -2.00. The summed E-state index contributed by atoms with van der Waals surface area (Å²) in [6.07, 6.45) is 5.42. The van der Waals surface area contributed by atoms with Gasteiger partial charge in [0.2, 0.25) is 0 Å². The Morgan fingerprint density at radius 1 is 1.31 bits per heavy atom. The largest absolute Gasteiger partial charge is 0.481 e. The molecule has 16 heavy (non-hydrogen) atoms. The quantitative estimate of drug-likeness (QED) is 0.691. The van der Waals surface area contributed by atoms with Crippen molar-refractivity contribution >= 4 is 5.97 Å². The predicted molar refractivity (Wildman–Crippen MR) is 64.2 cm³/mol. The number of carboxylic acid groups (broad SMARTS) is 1. The third-order valence-electron chi connectivity index (χ3n) is 2.16. The van der Waals surface area contributed by atoms with Crippen LogP contribution in [0.5, 0.6) is 0 Å². The van der Waals surface area contributed by atoms with Crippen molar-refractivity contribution in [1.29, 1.82) is 0 Å². The van der Waals surface area contributed by atoms with E-state index in [4.69, 9.17) is 5.11 Å². The molecule has 0 atom stereocenters. The first-order valence-electron chi connectivity index (χ1n) is 5.43. The maximum atomic E-state index is 10.2. The first-order valence-corrected chi connectivity index (χ1v) is 5.43. The molecule has 0 aliphatic carbocycles. The highest BCUT2D eigenvalue weighted by molar-refractivity contribution is 5.66. The normalized spacial score (nSPS) is 10.5. The van der Waals surface area contributed by atoms with Gasteiger partial charge in [0, 0.05) is 13.0 Å². The van der Waals surface area contributed by atoms with Crippen LogP contribution >= 0.6 is 0 Å². The van der Waals surface area contributed by atoms with Gasteiger partial charge < -0.3 is 10.4 Å². The molecule has 0 radical (unpaired) electrons. The number of benzene rings is 1. The smallest absolute Gasteiger partial charge is 0.303 e. The molecule has 0 aliphatic rings. The maximum absolute atomic E-state index is 10.2. The zero-order valence-corrected chi connectivity index (χ0v) is 9.23. The average Bonchev–Trinajstić information content (AvgIpc) is 2.29. The van der Waals surface area contributed by atoms with Crippen molar-refractivity contribution < 1.29 is 9.90 Å². The van der Waals surface area contributed by atoms with Gasteiger partial charge in [-0.05, 0) is 24.6 Å². The fourth-order valence-electron chi connectivity index (χ4n) is 1.32. The third-order valence-corrected chi connectivity index (χ3v) is 2.16. The fourth-order valence-corrected chi connectivity index (χ4v) is 1.32. The zero-order valence-electron chi connectivity index (χ0n) is 9.23. The van der Waals surface area contributed by atoms with E-state index in [1.807, 2.05) is 30.5 Å². The molecule has 0 amide bonds. The summed E-state index contributed by atoms with van der Waals surface area (Å²) in [5.74, 6) is -0.756. The summed E-state index contributed by atoms with van der Waals surface area (Å²) in [6, 6.07) is 10.2. The van der Waals surface area contributed by atoms with Crippen LogP contribution in [0.3, 0.4) is 0 Å². The molecule has 0 aliphatic heterocycles. The second-order valence-corrected chi connectivity index (χ2v) is 3.52. The lowest BCUT2D eigenvalue weighted by molar-refractivity contribution is -0.136. The molecule has 0 fully saturated rings. The van der Waals surface area contributed by atoms with Gasteiger partial charge >= 0.3 is 5.97 Å². The van der Waals surface area contributed by atoms with Crippen LogP contribution in [0.2, 0.25) is 0 Å². The average molecular weight is 219 g/mol. The van der Waals surface area contributed by atoms with Crippen LogP contribution < -0.4 is 5.32 Å². The molecule has 1 aromatic carbocycles. The van der Waals surface area contributed by atoms with E-state index in [0.717, 1.165) is 13.0 Å². The van der Waals surface area contributed by atoms with Gasteiger partial charge in [-0.15, -0.1) is 0 Å². The molecular formula is C13H17NO2. The van der Waals surface area contributed by atoms with Crippen LogP contribution in [0.15, 0.2) is 42.6 Å². The number of rotatable bonds is 7. The Morgan fingerprint density at radius 2 is 2.06 bits per heavy atom. The molecule has 3 nitrogen and oxygen atoms in total. The number of hydrogen-bond acceptors (Lipinski definition) is 2. The molecule has 0 saturated carbocycles. The highest BCUT2D eigenvalue weighted by Crippen LogP contribution is 1.98. The van der Waals surface area contributed by atoms with Gasteiger partial charge in [0.25, 0.3) is 0 Å². The molecule has 86 valence electrons. The predicted octanol–water partition coefficient (Wildman–Crippen LogP) is 2.20. The standard InChI is InChI=1S/C13H17NO2/c15-13(16)8-4-5-10-14-11-9-12-6-2-1-3-7-12/h1-3,5-7,10,14H,4,8-9,11H2,(H,15,16). The topological polar surface area (TPSA) is 49.3 Å². The van der Waals surface area contributed by atoms with Crippen LogP contribution in [0, 0.1) is 0 Å². The van der Waals surface area contributed by atoms with Crippen LogP contribution in [0.4, 0.5) is 0 Å². The van der Waals surface area contributed by atoms with Crippen molar-refractivity contribution in [3.63, 3.8) is 0 Å². The van der Waals surface area contributed by atoms with Crippen LogP contribution in [-0.4, -0.2) is 17.6 Å². The number of hydrogen-bond donors (Lipinski definition) is 2. The molecule has 1 aromatic rings. The molecule has 0 aromatic heterocycles. The van der Waals surface area contributed by atoms with Crippen LogP contribution in [0.1, 0.15) is 18.4 Å². The highest BCUT2D eigenvalue weighted by atomic mass is 16.4. The number of allylic oxidation sites excluding steroid dienone is 1. The van der Waals surface area contributed by atoms with Crippen LogP contribution in [0.25, 0.3) is 0 Å². The van der Waals surface area contributed by atoms with Gasteiger partial charge in [0.15, 0.2) is 0 Å². The van der Waals surface area contributed by atoms with Gasteiger partial charge in [0.05, 0.1) is 0 Å². The Morgan fingerprint density at radius 3 is 2.75 bits per heavy atom. The van der Waals surface area contributed by atoms with E-state index >= 15 is 0 Å². The minimum atomic E-state index is -0.756. The second-order valence-electron chi connectivity index (χ2n) is 3.52.